The highest BCUT2D eigenvalue weighted by atomic mass is 32.1. The van der Waals surface area contributed by atoms with Crippen LogP contribution in [0.3, 0.4) is 0 Å². The van der Waals surface area contributed by atoms with Crippen LogP contribution in [-0.4, -0.2) is 29.3 Å². The molecule has 0 spiro atoms. The van der Waals surface area contributed by atoms with Crippen LogP contribution in [0.25, 0.3) is 0 Å². The van der Waals surface area contributed by atoms with Crippen molar-refractivity contribution >= 4 is 34.8 Å². The lowest BCUT2D eigenvalue weighted by atomic mass is 10.2. The molecule has 0 radical (unpaired) electrons. The summed E-state index contributed by atoms with van der Waals surface area (Å²) in [5.41, 5.74) is 2.78. The number of carbonyl (C=O) groups is 3. The Balaban J connectivity index is 1.41. The molecule has 3 rings (SSSR count). The van der Waals surface area contributed by atoms with Gasteiger partial charge in [0.05, 0.1) is 12.1 Å². The molecule has 7 nitrogen and oxygen atoms in total. The van der Waals surface area contributed by atoms with Crippen molar-refractivity contribution in [2.24, 2.45) is 0 Å². The molecule has 0 saturated heterocycles. The van der Waals surface area contributed by atoms with Gasteiger partial charge in [0, 0.05) is 16.6 Å². The molecule has 3 aromatic rings. The lowest BCUT2D eigenvalue weighted by Gasteiger charge is -2.07. The number of benzene rings is 2. The smallest absolute Gasteiger partial charge is 0.325 e. The molecule has 154 valence electrons. The van der Waals surface area contributed by atoms with Gasteiger partial charge in [0.1, 0.15) is 18.2 Å². The number of thiazole rings is 1. The summed E-state index contributed by atoms with van der Waals surface area (Å²) in [5.74, 6) is -1.07. The Kier molecular flexibility index (Phi) is 7.29. The van der Waals surface area contributed by atoms with Gasteiger partial charge in [-0.2, -0.15) is 0 Å². The molecule has 1 aromatic heterocycles. The normalized spacial score (nSPS) is 10.3. The maximum absolute atomic E-state index is 12.2. The Hall–Kier alpha value is -3.52. The van der Waals surface area contributed by atoms with Crippen LogP contribution in [0.15, 0.2) is 60.0 Å². The molecule has 0 aliphatic rings. The molecule has 30 heavy (non-hydrogen) atoms. The van der Waals surface area contributed by atoms with Crippen molar-refractivity contribution < 1.29 is 19.1 Å². The van der Waals surface area contributed by atoms with Crippen molar-refractivity contribution in [2.75, 3.05) is 11.9 Å². The monoisotopic (exact) mass is 423 g/mol. The van der Waals surface area contributed by atoms with Crippen LogP contribution in [0.4, 0.5) is 5.69 Å². The summed E-state index contributed by atoms with van der Waals surface area (Å²) in [4.78, 5) is 40.3. The third-order valence-corrected chi connectivity index (χ3v) is 5.04. The van der Waals surface area contributed by atoms with E-state index in [1.807, 2.05) is 31.2 Å². The van der Waals surface area contributed by atoms with Gasteiger partial charge in [-0.25, -0.2) is 4.98 Å². The molecule has 8 heteroatoms. The number of rotatable bonds is 8. The van der Waals surface area contributed by atoms with Gasteiger partial charge in [-0.3, -0.25) is 14.4 Å². The number of para-hydroxylation sites is 1. The molecule has 0 saturated carbocycles. The van der Waals surface area contributed by atoms with Gasteiger partial charge in [-0.15, -0.1) is 11.3 Å². The maximum Gasteiger partial charge on any atom is 0.325 e. The average Bonchev–Trinajstić information content (AvgIpc) is 3.20. The van der Waals surface area contributed by atoms with E-state index in [-0.39, 0.29) is 31.4 Å². The van der Waals surface area contributed by atoms with Crippen LogP contribution in [0, 0.1) is 6.92 Å². The van der Waals surface area contributed by atoms with Gasteiger partial charge < -0.3 is 15.4 Å². The molecule has 0 bridgehead atoms. The van der Waals surface area contributed by atoms with E-state index in [1.54, 1.807) is 35.7 Å². The zero-order valence-electron chi connectivity index (χ0n) is 16.4. The molecule has 2 aromatic carbocycles. The second-order valence-corrected chi connectivity index (χ2v) is 7.42. The fourth-order valence-corrected chi connectivity index (χ4v) is 3.37. The molecular weight excluding hydrogens is 402 g/mol. The molecule has 1 heterocycles. The standard InChI is InChI=1S/C22H21N3O4S/c1-15-7-5-6-10-18(15)25-19(26)11-20-24-17(14-30-20)13-29-21(27)12-23-22(28)16-8-3-2-4-9-16/h2-10,14H,11-13H2,1H3,(H,23,28)(H,25,26). The van der Waals surface area contributed by atoms with E-state index in [0.717, 1.165) is 11.3 Å². The first-order valence-corrected chi connectivity index (χ1v) is 10.2. The summed E-state index contributed by atoms with van der Waals surface area (Å²) in [5, 5.41) is 7.74. The zero-order chi connectivity index (χ0) is 21.3. The number of hydrogen-bond acceptors (Lipinski definition) is 6. The van der Waals surface area contributed by atoms with Crippen molar-refractivity contribution in [1.29, 1.82) is 0 Å². The fourth-order valence-electron chi connectivity index (χ4n) is 2.59. The van der Waals surface area contributed by atoms with Gasteiger partial charge >= 0.3 is 5.97 Å². The minimum Gasteiger partial charge on any atom is -0.458 e. The Morgan fingerprint density at radius 1 is 1.03 bits per heavy atom. The summed E-state index contributed by atoms with van der Waals surface area (Å²) in [7, 11) is 0. The lowest BCUT2D eigenvalue weighted by Crippen LogP contribution is -2.30. The first-order chi connectivity index (χ1) is 14.5. The zero-order valence-corrected chi connectivity index (χ0v) is 17.2. The van der Waals surface area contributed by atoms with Crippen molar-refractivity contribution in [2.45, 2.75) is 20.0 Å². The van der Waals surface area contributed by atoms with Crippen LogP contribution in [0.1, 0.15) is 26.6 Å². The summed E-state index contributed by atoms with van der Waals surface area (Å²) in [6, 6.07) is 16.2. The van der Waals surface area contributed by atoms with E-state index in [0.29, 0.717) is 16.3 Å². The molecule has 0 aliphatic heterocycles. The highest BCUT2D eigenvalue weighted by Crippen LogP contribution is 2.15. The Labute approximate surface area is 178 Å². The number of esters is 1. The molecule has 0 unspecified atom stereocenters. The molecule has 2 amide bonds. The number of ether oxygens (including phenoxy) is 1. The molecule has 0 aliphatic carbocycles. The number of aromatic nitrogens is 1. The minimum absolute atomic E-state index is 0.0179. The average molecular weight is 423 g/mol. The minimum atomic E-state index is -0.564. The molecule has 2 N–H and O–H groups in total. The summed E-state index contributed by atoms with van der Waals surface area (Å²) in [6.07, 6.45) is 0.139. The van der Waals surface area contributed by atoms with Crippen LogP contribution < -0.4 is 10.6 Å². The second-order valence-electron chi connectivity index (χ2n) is 6.48. The highest BCUT2D eigenvalue weighted by Gasteiger charge is 2.12. The van der Waals surface area contributed by atoms with Gasteiger partial charge in [-0.05, 0) is 30.7 Å². The van der Waals surface area contributed by atoms with Crippen molar-refractivity contribution in [3.05, 3.63) is 81.8 Å². The van der Waals surface area contributed by atoms with Crippen molar-refractivity contribution in [1.82, 2.24) is 10.3 Å². The molecular formula is C22H21N3O4S. The van der Waals surface area contributed by atoms with Crippen LogP contribution in [0.2, 0.25) is 0 Å². The first kappa shape index (κ1) is 21.2. The Morgan fingerprint density at radius 2 is 1.77 bits per heavy atom. The number of nitrogens with one attached hydrogen (secondary N) is 2. The van der Waals surface area contributed by atoms with Crippen molar-refractivity contribution in [3.8, 4) is 0 Å². The van der Waals surface area contributed by atoms with E-state index in [2.05, 4.69) is 15.6 Å². The van der Waals surface area contributed by atoms with Crippen LogP contribution in [0.5, 0.6) is 0 Å². The van der Waals surface area contributed by atoms with Gasteiger partial charge in [-0.1, -0.05) is 36.4 Å². The topological polar surface area (TPSA) is 97.4 Å². The van der Waals surface area contributed by atoms with Gasteiger partial charge in [0.25, 0.3) is 5.91 Å². The quantitative estimate of drug-likeness (QED) is 0.543. The number of carbonyl (C=O) groups excluding carboxylic acids is 3. The SMILES string of the molecule is Cc1ccccc1NC(=O)Cc1nc(COC(=O)CNC(=O)c2ccccc2)cs1. The largest absolute Gasteiger partial charge is 0.458 e. The molecule has 0 atom stereocenters. The Bertz CT molecular complexity index is 1030. The first-order valence-electron chi connectivity index (χ1n) is 9.29. The number of anilines is 1. The second kappa shape index (κ2) is 10.3. The number of amides is 2. The highest BCUT2D eigenvalue weighted by molar-refractivity contribution is 7.09. The summed E-state index contributed by atoms with van der Waals surface area (Å²) in [6.45, 7) is 1.67. The van der Waals surface area contributed by atoms with E-state index < -0.39 is 5.97 Å². The van der Waals surface area contributed by atoms with Crippen LogP contribution >= 0.6 is 11.3 Å². The van der Waals surface area contributed by atoms with Crippen LogP contribution in [-0.2, 0) is 27.4 Å². The van der Waals surface area contributed by atoms with E-state index in [9.17, 15) is 14.4 Å². The molecule has 0 fully saturated rings. The lowest BCUT2D eigenvalue weighted by molar-refractivity contribution is -0.143. The summed E-state index contributed by atoms with van der Waals surface area (Å²) >= 11 is 1.33. The van der Waals surface area contributed by atoms with Gasteiger partial charge in [0.2, 0.25) is 5.91 Å². The fraction of sp³-hybridized carbons (Fsp3) is 0.182. The number of hydrogen-bond donors (Lipinski definition) is 2. The van der Waals surface area contributed by atoms with Gasteiger partial charge in [0.15, 0.2) is 0 Å². The third kappa shape index (κ3) is 6.25. The van der Waals surface area contributed by atoms with E-state index >= 15 is 0 Å². The predicted octanol–water partition coefficient (Wildman–Crippen LogP) is 3.11. The predicted molar refractivity (Wildman–Crippen MR) is 114 cm³/mol. The van der Waals surface area contributed by atoms with E-state index in [1.165, 1.54) is 11.3 Å². The number of aryl methyl sites for hydroxylation is 1. The number of nitrogens with zero attached hydrogens (tertiary/aromatic N) is 1. The summed E-state index contributed by atoms with van der Waals surface area (Å²) < 4.78 is 5.13. The van der Waals surface area contributed by atoms with E-state index in [4.69, 9.17) is 4.74 Å². The van der Waals surface area contributed by atoms with Crippen molar-refractivity contribution in [3.63, 3.8) is 0 Å². The third-order valence-electron chi connectivity index (χ3n) is 4.14. The maximum atomic E-state index is 12.2. The Morgan fingerprint density at radius 3 is 2.53 bits per heavy atom.